The van der Waals surface area contributed by atoms with Gasteiger partial charge in [-0.2, -0.15) is 0 Å². The molecule has 0 radical (unpaired) electrons. The lowest BCUT2D eigenvalue weighted by Crippen LogP contribution is -2.27. The molecule has 1 amide bonds. The van der Waals surface area contributed by atoms with Crippen molar-refractivity contribution in [3.05, 3.63) is 82.5 Å². The summed E-state index contributed by atoms with van der Waals surface area (Å²) in [4.78, 5) is 23.4. The highest BCUT2D eigenvalue weighted by atomic mass is 35.5. The van der Waals surface area contributed by atoms with E-state index in [0.717, 1.165) is 17.9 Å². The SMILES string of the molecule is CC(C)CNC(=O)c1cccc(CSc2nc(Cl)cc(N(C)Cc3ccccc3)n2)c1. The van der Waals surface area contributed by atoms with E-state index in [1.165, 1.54) is 17.3 Å². The van der Waals surface area contributed by atoms with Crippen LogP contribution in [0.1, 0.15) is 35.3 Å². The topological polar surface area (TPSA) is 58.1 Å². The predicted octanol–water partition coefficient (Wildman–Crippen LogP) is 5.44. The van der Waals surface area contributed by atoms with Crippen LogP contribution in [0.25, 0.3) is 0 Å². The molecule has 0 bridgehead atoms. The fourth-order valence-corrected chi connectivity index (χ4v) is 3.96. The van der Waals surface area contributed by atoms with Crippen molar-refractivity contribution in [2.45, 2.75) is 31.3 Å². The first-order valence-electron chi connectivity index (χ1n) is 10.2. The number of nitrogens with one attached hydrogen (secondary N) is 1. The van der Waals surface area contributed by atoms with Crippen LogP contribution in [0.2, 0.25) is 5.15 Å². The van der Waals surface area contributed by atoms with Gasteiger partial charge in [0.25, 0.3) is 5.91 Å². The number of nitrogens with zero attached hydrogens (tertiary/aromatic N) is 3. The van der Waals surface area contributed by atoms with Gasteiger partial charge in [0.1, 0.15) is 11.0 Å². The zero-order valence-electron chi connectivity index (χ0n) is 18.0. The number of carbonyl (C=O) groups excluding carboxylic acids is 1. The van der Waals surface area contributed by atoms with Crippen LogP contribution in [0.4, 0.5) is 5.82 Å². The maximum absolute atomic E-state index is 12.3. The lowest BCUT2D eigenvalue weighted by atomic mass is 10.1. The average molecular weight is 455 g/mol. The standard InChI is InChI=1S/C24H27ClN4OS/c1-17(2)14-26-23(30)20-11-7-10-19(12-20)16-31-24-27-21(25)13-22(28-24)29(3)15-18-8-5-4-6-9-18/h4-13,17H,14-16H2,1-3H3,(H,26,30). The molecule has 0 aliphatic carbocycles. The van der Waals surface area contributed by atoms with E-state index in [1.807, 2.05) is 54.4 Å². The van der Waals surface area contributed by atoms with Gasteiger partial charge in [-0.05, 0) is 29.2 Å². The van der Waals surface area contributed by atoms with Gasteiger partial charge in [0.05, 0.1) is 0 Å². The molecule has 1 heterocycles. The van der Waals surface area contributed by atoms with E-state index >= 15 is 0 Å². The number of thioether (sulfide) groups is 1. The molecule has 0 unspecified atom stereocenters. The molecular formula is C24H27ClN4OS. The number of rotatable bonds is 9. The second-order valence-corrected chi connectivity index (χ2v) is 9.10. The number of benzene rings is 2. The fourth-order valence-electron chi connectivity index (χ4n) is 2.93. The van der Waals surface area contributed by atoms with Gasteiger partial charge in [0.2, 0.25) is 0 Å². The van der Waals surface area contributed by atoms with Gasteiger partial charge in [-0.3, -0.25) is 4.79 Å². The van der Waals surface area contributed by atoms with Crippen molar-refractivity contribution in [2.75, 3.05) is 18.5 Å². The molecule has 0 fully saturated rings. The molecule has 3 aromatic rings. The number of carbonyl (C=O) groups is 1. The molecule has 0 aliphatic heterocycles. The number of hydrogen-bond acceptors (Lipinski definition) is 5. The van der Waals surface area contributed by atoms with Crippen LogP contribution in [0, 0.1) is 5.92 Å². The molecule has 1 N–H and O–H groups in total. The smallest absolute Gasteiger partial charge is 0.251 e. The van der Waals surface area contributed by atoms with Crippen LogP contribution >= 0.6 is 23.4 Å². The van der Waals surface area contributed by atoms with Gasteiger partial charge < -0.3 is 10.2 Å². The number of aromatic nitrogens is 2. The minimum absolute atomic E-state index is 0.0515. The Kier molecular flexibility index (Phi) is 8.32. The normalized spacial score (nSPS) is 10.9. The summed E-state index contributed by atoms with van der Waals surface area (Å²) in [7, 11) is 1.99. The van der Waals surface area contributed by atoms with Crippen LogP contribution in [0.15, 0.2) is 65.8 Å². The molecule has 31 heavy (non-hydrogen) atoms. The highest BCUT2D eigenvalue weighted by Crippen LogP contribution is 2.25. The molecule has 0 aliphatic rings. The summed E-state index contributed by atoms with van der Waals surface area (Å²) in [6.45, 7) is 5.53. The van der Waals surface area contributed by atoms with Gasteiger partial charge in [0.15, 0.2) is 5.16 Å². The summed E-state index contributed by atoms with van der Waals surface area (Å²) in [6.07, 6.45) is 0. The Hall–Kier alpha value is -2.57. The molecule has 0 saturated carbocycles. The van der Waals surface area contributed by atoms with Gasteiger partial charge in [-0.25, -0.2) is 9.97 Å². The lowest BCUT2D eigenvalue weighted by Gasteiger charge is -2.19. The number of hydrogen-bond donors (Lipinski definition) is 1. The van der Waals surface area contributed by atoms with Crippen LogP contribution in [0.5, 0.6) is 0 Å². The predicted molar refractivity (Wildman–Crippen MR) is 129 cm³/mol. The average Bonchev–Trinajstić information content (AvgIpc) is 2.76. The van der Waals surface area contributed by atoms with Crippen LogP contribution < -0.4 is 10.2 Å². The zero-order valence-corrected chi connectivity index (χ0v) is 19.6. The largest absolute Gasteiger partial charge is 0.355 e. The van der Waals surface area contributed by atoms with E-state index in [9.17, 15) is 4.79 Å². The molecule has 0 atom stereocenters. The Morgan fingerprint density at radius 1 is 1.06 bits per heavy atom. The molecule has 3 rings (SSSR count). The van der Waals surface area contributed by atoms with Crippen molar-refractivity contribution in [2.24, 2.45) is 5.92 Å². The third-order valence-corrected chi connectivity index (χ3v) is 5.65. The van der Waals surface area contributed by atoms with Gasteiger partial charge in [0, 0.05) is 37.5 Å². The summed E-state index contributed by atoms with van der Waals surface area (Å²) in [5, 5.41) is 3.97. The Morgan fingerprint density at radius 3 is 2.55 bits per heavy atom. The van der Waals surface area contributed by atoms with E-state index < -0.39 is 0 Å². The van der Waals surface area contributed by atoms with Gasteiger partial charge >= 0.3 is 0 Å². The third kappa shape index (κ3) is 7.26. The van der Waals surface area contributed by atoms with E-state index in [4.69, 9.17) is 11.6 Å². The van der Waals surface area contributed by atoms with E-state index in [0.29, 0.717) is 34.1 Å². The maximum atomic E-state index is 12.3. The van der Waals surface area contributed by atoms with Crippen molar-refractivity contribution < 1.29 is 4.79 Å². The first-order valence-corrected chi connectivity index (χ1v) is 11.6. The van der Waals surface area contributed by atoms with Gasteiger partial charge in [-0.1, -0.05) is 79.7 Å². The summed E-state index contributed by atoms with van der Waals surface area (Å²) in [5.74, 6) is 1.78. The Morgan fingerprint density at radius 2 is 1.81 bits per heavy atom. The zero-order chi connectivity index (χ0) is 22.2. The minimum Gasteiger partial charge on any atom is -0.355 e. The molecule has 162 valence electrons. The van der Waals surface area contributed by atoms with Crippen LogP contribution in [-0.4, -0.2) is 29.5 Å². The molecular weight excluding hydrogens is 428 g/mol. The second kappa shape index (κ2) is 11.2. The van der Waals surface area contributed by atoms with Crippen molar-refractivity contribution in [3.8, 4) is 0 Å². The maximum Gasteiger partial charge on any atom is 0.251 e. The van der Waals surface area contributed by atoms with Crippen molar-refractivity contribution in [1.82, 2.24) is 15.3 Å². The quantitative estimate of drug-likeness (QED) is 0.265. The van der Waals surface area contributed by atoms with Crippen molar-refractivity contribution in [1.29, 1.82) is 0 Å². The molecule has 5 nitrogen and oxygen atoms in total. The summed E-state index contributed by atoms with van der Waals surface area (Å²) in [5.41, 5.74) is 2.89. The summed E-state index contributed by atoms with van der Waals surface area (Å²) >= 11 is 7.76. The number of anilines is 1. The molecule has 0 spiro atoms. The lowest BCUT2D eigenvalue weighted by molar-refractivity contribution is 0.0949. The van der Waals surface area contributed by atoms with Crippen molar-refractivity contribution in [3.63, 3.8) is 0 Å². The highest BCUT2D eigenvalue weighted by Gasteiger charge is 2.11. The molecule has 1 aromatic heterocycles. The first kappa shape index (κ1) is 23.1. The first-order chi connectivity index (χ1) is 14.9. The number of halogens is 1. The molecule has 0 saturated heterocycles. The fraction of sp³-hybridized carbons (Fsp3) is 0.292. The third-order valence-electron chi connectivity index (χ3n) is 4.54. The van der Waals surface area contributed by atoms with Crippen LogP contribution in [-0.2, 0) is 12.3 Å². The second-order valence-electron chi connectivity index (χ2n) is 7.77. The van der Waals surface area contributed by atoms with Gasteiger partial charge in [-0.15, -0.1) is 0 Å². The Balaban J connectivity index is 1.65. The summed E-state index contributed by atoms with van der Waals surface area (Å²) in [6, 6.07) is 19.6. The molecule has 2 aromatic carbocycles. The van der Waals surface area contributed by atoms with E-state index in [2.05, 4.69) is 41.3 Å². The van der Waals surface area contributed by atoms with E-state index in [1.54, 1.807) is 6.07 Å². The molecule has 7 heteroatoms. The summed E-state index contributed by atoms with van der Waals surface area (Å²) < 4.78 is 0. The Bertz CT molecular complexity index is 1010. The Labute approximate surface area is 193 Å². The number of amides is 1. The van der Waals surface area contributed by atoms with Crippen molar-refractivity contribution >= 4 is 35.1 Å². The monoisotopic (exact) mass is 454 g/mol. The highest BCUT2D eigenvalue weighted by molar-refractivity contribution is 7.98. The van der Waals surface area contributed by atoms with E-state index in [-0.39, 0.29) is 5.91 Å². The van der Waals surface area contributed by atoms with Crippen LogP contribution in [0.3, 0.4) is 0 Å². The minimum atomic E-state index is -0.0515.